The van der Waals surface area contributed by atoms with Gasteiger partial charge in [0.25, 0.3) is 15.9 Å². The van der Waals surface area contributed by atoms with Crippen LogP contribution in [0.15, 0.2) is 53.4 Å². The van der Waals surface area contributed by atoms with E-state index in [0.717, 1.165) is 9.87 Å². The fourth-order valence-electron chi connectivity index (χ4n) is 3.22. The topological polar surface area (TPSA) is 94.2 Å². The molecule has 0 radical (unpaired) electrons. The van der Waals surface area contributed by atoms with Crippen molar-refractivity contribution >= 4 is 21.6 Å². The van der Waals surface area contributed by atoms with Gasteiger partial charge in [0, 0.05) is 5.56 Å². The lowest BCUT2D eigenvalue weighted by molar-refractivity contribution is 0.0389. The molecule has 2 aromatic carbocycles. The number of benzene rings is 2. The number of ether oxygens (including phenoxy) is 2. The maximum atomic E-state index is 12.7. The number of carbonyl (C=O) groups is 1. The summed E-state index contributed by atoms with van der Waals surface area (Å²) in [6.45, 7) is -0.125. The molecule has 0 fully saturated rings. The average molecular weight is 402 g/mol. The van der Waals surface area contributed by atoms with Gasteiger partial charge in [0.05, 0.1) is 32.0 Å². The molecule has 0 aliphatic carbocycles. The molecule has 0 saturated carbocycles. The molecule has 146 valence electrons. The first-order valence-corrected chi connectivity index (χ1v) is 9.91. The Morgan fingerprint density at radius 2 is 1.86 bits per heavy atom. The fourth-order valence-corrected chi connectivity index (χ4v) is 4.80. The summed E-state index contributed by atoms with van der Waals surface area (Å²) in [7, 11) is -0.783. The number of rotatable bonds is 5. The molecule has 28 heavy (non-hydrogen) atoms. The summed E-state index contributed by atoms with van der Waals surface area (Å²) < 4.78 is 36.7. The molecular weight excluding hydrogens is 384 g/mol. The van der Waals surface area contributed by atoms with Crippen LogP contribution in [-0.4, -0.2) is 45.5 Å². The van der Waals surface area contributed by atoms with E-state index in [0.29, 0.717) is 17.2 Å². The minimum Gasteiger partial charge on any atom is -0.493 e. The van der Waals surface area contributed by atoms with Gasteiger partial charge in [-0.15, -0.1) is 0 Å². The third kappa shape index (κ3) is 2.88. The van der Waals surface area contributed by atoms with E-state index in [9.17, 15) is 13.2 Å². The summed E-state index contributed by atoms with van der Waals surface area (Å²) in [6, 6.07) is 11.5. The van der Waals surface area contributed by atoms with Gasteiger partial charge in [-0.05, 0) is 36.4 Å². The first-order valence-electron chi connectivity index (χ1n) is 8.47. The molecule has 0 unspecified atom stereocenters. The normalized spacial score (nSPS) is 19.8. The van der Waals surface area contributed by atoms with Gasteiger partial charge in [-0.25, -0.2) is 12.7 Å². The highest BCUT2D eigenvalue weighted by molar-refractivity contribution is 7.90. The Morgan fingerprint density at radius 3 is 2.57 bits per heavy atom. The summed E-state index contributed by atoms with van der Waals surface area (Å²) >= 11 is 0. The SMILES string of the molecule is COc1ccc(C2=C[C@H](CN3C(=O)c4ccccc4S3(=O)=O)ON2)cc1OC. The Morgan fingerprint density at radius 1 is 1.11 bits per heavy atom. The quantitative estimate of drug-likeness (QED) is 0.815. The molecule has 1 atom stereocenters. The van der Waals surface area contributed by atoms with Crippen LogP contribution in [0.5, 0.6) is 11.5 Å². The van der Waals surface area contributed by atoms with Gasteiger partial charge in [-0.2, -0.15) is 0 Å². The van der Waals surface area contributed by atoms with Crippen molar-refractivity contribution in [3.63, 3.8) is 0 Å². The van der Waals surface area contributed by atoms with E-state index in [1.807, 2.05) is 6.07 Å². The van der Waals surface area contributed by atoms with Crippen molar-refractivity contribution in [1.82, 2.24) is 9.79 Å². The fraction of sp³-hybridized carbons (Fsp3) is 0.211. The predicted octanol–water partition coefficient (Wildman–Crippen LogP) is 1.79. The summed E-state index contributed by atoms with van der Waals surface area (Å²) in [5, 5.41) is 0. The van der Waals surface area contributed by atoms with E-state index >= 15 is 0 Å². The van der Waals surface area contributed by atoms with E-state index < -0.39 is 22.0 Å². The highest BCUT2D eigenvalue weighted by Crippen LogP contribution is 2.33. The van der Waals surface area contributed by atoms with Gasteiger partial charge < -0.3 is 9.47 Å². The second-order valence-electron chi connectivity index (χ2n) is 6.25. The van der Waals surface area contributed by atoms with Crippen molar-refractivity contribution in [3.05, 3.63) is 59.7 Å². The number of nitrogens with one attached hydrogen (secondary N) is 1. The summed E-state index contributed by atoms with van der Waals surface area (Å²) in [5.41, 5.74) is 4.38. The molecule has 1 amide bonds. The number of methoxy groups -OCH3 is 2. The molecule has 0 aromatic heterocycles. The van der Waals surface area contributed by atoms with Gasteiger partial charge in [0.1, 0.15) is 11.0 Å². The van der Waals surface area contributed by atoms with Crippen LogP contribution in [-0.2, 0) is 14.9 Å². The van der Waals surface area contributed by atoms with E-state index in [4.69, 9.17) is 14.3 Å². The number of nitrogens with zero attached hydrogens (tertiary/aromatic N) is 1. The van der Waals surface area contributed by atoms with Crippen LogP contribution in [0.25, 0.3) is 5.70 Å². The standard InChI is InChI=1S/C19H18N2O6S/c1-25-16-8-7-12(9-17(16)26-2)15-10-13(27-20-15)11-21-19(22)14-5-3-4-6-18(14)28(21,23)24/h3-10,13,20H,11H2,1-2H3/t13-/m1/s1. The van der Waals surface area contributed by atoms with Crippen molar-refractivity contribution in [2.45, 2.75) is 11.0 Å². The van der Waals surface area contributed by atoms with E-state index in [1.54, 1.807) is 44.6 Å². The number of fused-ring (bicyclic) bond motifs is 1. The molecule has 2 aliphatic rings. The lowest BCUT2D eigenvalue weighted by Crippen LogP contribution is -2.37. The minimum atomic E-state index is -3.87. The number of hydroxylamine groups is 1. The Labute approximate surface area is 162 Å². The number of carbonyl (C=O) groups excluding carboxylic acids is 1. The molecule has 0 bridgehead atoms. The largest absolute Gasteiger partial charge is 0.493 e. The molecule has 2 aromatic rings. The Balaban J connectivity index is 1.57. The molecule has 8 nitrogen and oxygen atoms in total. The average Bonchev–Trinajstić information content (AvgIpc) is 3.25. The summed E-state index contributed by atoms with van der Waals surface area (Å²) in [6.07, 6.45) is 1.10. The zero-order valence-electron chi connectivity index (χ0n) is 15.2. The Hall–Kier alpha value is -3.04. The van der Waals surface area contributed by atoms with Crippen molar-refractivity contribution in [2.24, 2.45) is 0 Å². The first kappa shape index (κ1) is 18.3. The third-order valence-electron chi connectivity index (χ3n) is 4.63. The zero-order valence-corrected chi connectivity index (χ0v) is 16.0. The second-order valence-corrected chi connectivity index (χ2v) is 8.08. The van der Waals surface area contributed by atoms with Crippen LogP contribution in [0.1, 0.15) is 15.9 Å². The minimum absolute atomic E-state index is 0.0232. The van der Waals surface area contributed by atoms with Crippen molar-refractivity contribution in [1.29, 1.82) is 0 Å². The zero-order chi connectivity index (χ0) is 19.9. The Bertz CT molecular complexity index is 1080. The molecule has 9 heteroatoms. The maximum absolute atomic E-state index is 12.7. The number of sulfonamides is 1. The van der Waals surface area contributed by atoms with Crippen LogP contribution < -0.4 is 15.0 Å². The molecule has 1 N–H and O–H groups in total. The molecule has 2 aliphatic heterocycles. The molecule has 4 rings (SSSR count). The lowest BCUT2D eigenvalue weighted by atomic mass is 10.1. The highest BCUT2D eigenvalue weighted by atomic mass is 32.2. The Kier molecular flexibility index (Phi) is 4.48. The summed E-state index contributed by atoms with van der Waals surface area (Å²) in [5.74, 6) is 0.597. The highest BCUT2D eigenvalue weighted by Gasteiger charge is 2.42. The van der Waals surface area contributed by atoms with Crippen molar-refractivity contribution < 1.29 is 27.5 Å². The molecule has 2 heterocycles. The van der Waals surface area contributed by atoms with E-state index in [1.165, 1.54) is 12.1 Å². The molecule has 0 spiro atoms. The molecule has 0 saturated heterocycles. The first-order chi connectivity index (χ1) is 13.5. The van der Waals surface area contributed by atoms with Crippen molar-refractivity contribution in [3.8, 4) is 11.5 Å². The van der Waals surface area contributed by atoms with Gasteiger partial charge in [-0.3, -0.25) is 15.1 Å². The van der Waals surface area contributed by atoms with Crippen LogP contribution >= 0.6 is 0 Å². The van der Waals surface area contributed by atoms with Crippen molar-refractivity contribution in [2.75, 3.05) is 20.8 Å². The summed E-state index contributed by atoms with van der Waals surface area (Å²) in [4.78, 5) is 18.0. The van der Waals surface area contributed by atoms with Gasteiger partial charge in [0.15, 0.2) is 11.5 Å². The van der Waals surface area contributed by atoms with Crippen LogP contribution in [0.3, 0.4) is 0 Å². The van der Waals surface area contributed by atoms with E-state index in [-0.39, 0.29) is 17.0 Å². The second kappa shape index (κ2) is 6.84. The van der Waals surface area contributed by atoms with Gasteiger partial charge >= 0.3 is 0 Å². The van der Waals surface area contributed by atoms with Crippen LogP contribution in [0.2, 0.25) is 0 Å². The van der Waals surface area contributed by atoms with Gasteiger partial charge in [0.2, 0.25) is 0 Å². The maximum Gasteiger partial charge on any atom is 0.269 e. The number of amides is 1. The molecular formula is C19H18N2O6S. The van der Waals surface area contributed by atoms with Crippen LogP contribution in [0.4, 0.5) is 0 Å². The lowest BCUT2D eigenvalue weighted by Gasteiger charge is -2.17. The smallest absolute Gasteiger partial charge is 0.269 e. The van der Waals surface area contributed by atoms with Gasteiger partial charge in [-0.1, -0.05) is 12.1 Å². The monoisotopic (exact) mass is 402 g/mol. The van der Waals surface area contributed by atoms with Crippen LogP contribution in [0, 0.1) is 0 Å². The predicted molar refractivity (Wildman–Crippen MR) is 100 cm³/mol. The number of hydrogen-bond donors (Lipinski definition) is 1. The number of hydrogen-bond acceptors (Lipinski definition) is 7. The van der Waals surface area contributed by atoms with E-state index in [2.05, 4.69) is 5.48 Å². The third-order valence-corrected chi connectivity index (χ3v) is 6.43.